The van der Waals surface area contributed by atoms with Gasteiger partial charge in [0.15, 0.2) is 0 Å². The molecule has 2 aliphatic rings. The van der Waals surface area contributed by atoms with Gasteiger partial charge in [0.05, 0.1) is 6.42 Å². The molecule has 0 saturated heterocycles. The van der Waals surface area contributed by atoms with Crippen molar-refractivity contribution in [2.75, 3.05) is 6.54 Å². The zero-order valence-electron chi connectivity index (χ0n) is 12.7. The monoisotopic (exact) mass is 281 g/mol. The van der Waals surface area contributed by atoms with Crippen LogP contribution in [0, 0.1) is 11.3 Å². The molecule has 4 heteroatoms. The molecule has 0 bridgehead atoms. The summed E-state index contributed by atoms with van der Waals surface area (Å²) < 4.78 is 0. The van der Waals surface area contributed by atoms with Gasteiger partial charge < -0.3 is 10.0 Å². The van der Waals surface area contributed by atoms with E-state index in [-0.39, 0.29) is 23.8 Å². The second-order valence-electron chi connectivity index (χ2n) is 7.04. The van der Waals surface area contributed by atoms with Crippen LogP contribution >= 0.6 is 0 Å². The van der Waals surface area contributed by atoms with E-state index in [1.54, 1.807) is 0 Å². The Bertz CT molecular complexity index is 368. The summed E-state index contributed by atoms with van der Waals surface area (Å²) in [6.45, 7) is 4.97. The average molecular weight is 281 g/mol. The van der Waals surface area contributed by atoms with Crippen molar-refractivity contribution in [2.24, 2.45) is 11.3 Å². The minimum atomic E-state index is -0.766. The third-order valence-electron chi connectivity index (χ3n) is 4.81. The van der Waals surface area contributed by atoms with E-state index in [1.807, 2.05) is 4.90 Å². The first-order valence-electron chi connectivity index (χ1n) is 7.93. The van der Waals surface area contributed by atoms with E-state index in [2.05, 4.69) is 13.8 Å². The van der Waals surface area contributed by atoms with E-state index in [9.17, 15) is 9.59 Å². The van der Waals surface area contributed by atoms with Crippen LogP contribution in [0.4, 0.5) is 0 Å². The van der Waals surface area contributed by atoms with Crippen molar-refractivity contribution >= 4 is 11.9 Å². The second-order valence-corrected chi connectivity index (χ2v) is 7.04. The van der Waals surface area contributed by atoms with Gasteiger partial charge >= 0.3 is 5.97 Å². The van der Waals surface area contributed by atoms with Crippen molar-refractivity contribution in [3.63, 3.8) is 0 Å². The number of hydrogen-bond donors (Lipinski definition) is 1. The maximum absolute atomic E-state index is 12.6. The zero-order valence-corrected chi connectivity index (χ0v) is 12.7. The molecule has 0 aromatic rings. The Kier molecular flexibility index (Phi) is 4.71. The largest absolute Gasteiger partial charge is 0.481 e. The topological polar surface area (TPSA) is 57.6 Å². The molecule has 2 saturated carbocycles. The van der Waals surface area contributed by atoms with Crippen molar-refractivity contribution < 1.29 is 14.7 Å². The molecule has 0 heterocycles. The molecular formula is C16H27NO3. The summed E-state index contributed by atoms with van der Waals surface area (Å²) in [5, 5.41) is 9.13. The van der Waals surface area contributed by atoms with E-state index in [1.165, 1.54) is 12.8 Å². The molecule has 0 spiro atoms. The molecule has 0 aromatic heterocycles. The predicted molar refractivity (Wildman–Crippen MR) is 77.3 cm³/mol. The van der Waals surface area contributed by atoms with Crippen molar-refractivity contribution in [1.29, 1.82) is 0 Å². The number of carbonyl (C=O) groups is 2. The summed E-state index contributed by atoms with van der Waals surface area (Å²) in [7, 11) is 0. The lowest BCUT2D eigenvalue weighted by Crippen LogP contribution is -2.41. The van der Waals surface area contributed by atoms with Crippen LogP contribution < -0.4 is 0 Å². The van der Waals surface area contributed by atoms with Gasteiger partial charge in [0.2, 0.25) is 5.91 Å². The Morgan fingerprint density at radius 3 is 2.25 bits per heavy atom. The number of rotatable bonds is 7. The van der Waals surface area contributed by atoms with Crippen LogP contribution in [0.3, 0.4) is 0 Å². The quantitative estimate of drug-likeness (QED) is 0.780. The van der Waals surface area contributed by atoms with Crippen LogP contribution in [0.5, 0.6) is 0 Å². The molecule has 0 radical (unpaired) electrons. The normalized spacial score (nSPS) is 21.1. The van der Waals surface area contributed by atoms with Crippen LogP contribution in [0.25, 0.3) is 0 Å². The second kappa shape index (κ2) is 6.15. The Morgan fingerprint density at radius 1 is 1.20 bits per heavy atom. The molecule has 0 aromatic carbocycles. The van der Waals surface area contributed by atoms with E-state index in [4.69, 9.17) is 5.11 Å². The standard InChI is InChI=1S/C16H27NO3/c1-12(2)17(11-13-5-6-13)14(18)9-16(10-15(19)20)7-3-4-8-16/h12-13H,3-11H2,1-2H3,(H,19,20). The highest BCUT2D eigenvalue weighted by Gasteiger charge is 2.40. The zero-order chi connectivity index (χ0) is 14.8. The molecular weight excluding hydrogens is 254 g/mol. The number of carboxylic acid groups (broad SMARTS) is 1. The highest BCUT2D eigenvalue weighted by Crippen LogP contribution is 2.44. The lowest BCUT2D eigenvalue weighted by Gasteiger charge is -2.33. The van der Waals surface area contributed by atoms with Gasteiger partial charge in [0, 0.05) is 19.0 Å². The summed E-state index contributed by atoms with van der Waals surface area (Å²) in [5.41, 5.74) is -0.278. The SMILES string of the molecule is CC(C)N(CC1CC1)C(=O)CC1(CC(=O)O)CCCC1. The molecule has 1 N–H and O–H groups in total. The molecule has 2 rings (SSSR count). The smallest absolute Gasteiger partial charge is 0.303 e. The Hall–Kier alpha value is -1.06. The maximum Gasteiger partial charge on any atom is 0.303 e. The Morgan fingerprint density at radius 2 is 1.80 bits per heavy atom. The molecule has 4 nitrogen and oxygen atoms in total. The third-order valence-corrected chi connectivity index (χ3v) is 4.81. The molecule has 0 atom stereocenters. The molecule has 2 aliphatic carbocycles. The van der Waals surface area contributed by atoms with Crippen LogP contribution in [0.15, 0.2) is 0 Å². The Labute approximate surface area is 121 Å². The van der Waals surface area contributed by atoms with Gasteiger partial charge in [-0.2, -0.15) is 0 Å². The first kappa shape index (κ1) is 15.3. The predicted octanol–water partition coefficient (Wildman–Crippen LogP) is 3.06. The van der Waals surface area contributed by atoms with Crippen LogP contribution in [-0.2, 0) is 9.59 Å². The first-order valence-corrected chi connectivity index (χ1v) is 7.93. The minimum absolute atomic E-state index is 0.147. The molecule has 114 valence electrons. The summed E-state index contributed by atoms with van der Waals surface area (Å²) in [5.74, 6) is 0.0772. The lowest BCUT2D eigenvalue weighted by molar-refractivity contribution is -0.142. The number of nitrogens with zero attached hydrogens (tertiary/aromatic N) is 1. The van der Waals surface area contributed by atoms with Crippen molar-refractivity contribution in [3.8, 4) is 0 Å². The average Bonchev–Trinajstić information content (AvgIpc) is 3.05. The van der Waals surface area contributed by atoms with Crippen LogP contribution in [-0.4, -0.2) is 34.5 Å². The third kappa shape index (κ3) is 3.97. The van der Waals surface area contributed by atoms with Gasteiger partial charge in [-0.15, -0.1) is 0 Å². The maximum atomic E-state index is 12.6. The van der Waals surface area contributed by atoms with Gasteiger partial charge in [0.1, 0.15) is 0 Å². The first-order chi connectivity index (χ1) is 9.42. The van der Waals surface area contributed by atoms with E-state index < -0.39 is 5.97 Å². The van der Waals surface area contributed by atoms with E-state index >= 15 is 0 Å². The van der Waals surface area contributed by atoms with Gasteiger partial charge in [-0.25, -0.2) is 0 Å². The molecule has 1 amide bonds. The summed E-state index contributed by atoms with van der Waals surface area (Å²) in [4.78, 5) is 25.7. The fraction of sp³-hybridized carbons (Fsp3) is 0.875. The number of hydrogen-bond acceptors (Lipinski definition) is 2. The van der Waals surface area contributed by atoms with E-state index in [0.29, 0.717) is 12.3 Å². The number of aliphatic carboxylic acids is 1. The lowest BCUT2D eigenvalue weighted by atomic mass is 9.79. The molecule has 20 heavy (non-hydrogen) atoms. The molecule has 2 fully saturated rings. The van der Waals surface area contributed by atoms with Crippen molar-refractivity contribution in [3.05, 3.63) is 0 Å². The highest BCUT2D eigenvalue weighted by atomic mass is 16.4. The summed E-state index contributed by atoms with van der Waals surface area (Å²) in [6, 6.07) is 0.214. The number of carboxylic acids is 1. The van der Waals surface area contributed by atoms with Gasteiger partial charge in [0.25, 0.3) is 0 Å². The van der Waals surface area contributed by atoms with Gasteiger partial charge in [-0.05, 0) is 50.9 Å². The highest BCUT2D eigenvalue weighted by molar-refractivity contribution is 5.78. The molecule has 0 unspecified atom stereocenters. The van der Waals surface area contributed by atoms with E-state index in [0.717, 1.165) is 32.2 Å². The summed E-state index contributed by atoms with van der Waals surface area (Å²) >= 11 is 0. The summed E-state index contributed by atoms with van der Waals surface area (Å²) in [6.07, 6.45) is 6.93. The van der Waals surface area contributed by atoms with Crippen molar-refractivity contribution in [1.82, 2.24) is 4.90 Å². The fourth-order valence-electron chi connectivity index (χ4n) is 3.46. The number of carbonyl (C=O) groups excluding carboxylic acids is 1. The van der Waals surface area contributed by atoms with Gasteiger partial charge in [-0.3, -0.25) is 9.59 Å². The Balaban J connectivity index is 2.00. The van der Waals surface area contributed by atoms with Crippen molar-refractivity contribution in [2.45, 2.75) is 71.3 Å². The number of amides is 1. The fourth-order valence-corrected chi connectivity index (χ4v) is 3.46. The molecule has 0 aliphatic heterocycles. The van der Waals surface area contributed by atoms with Crippen LogP contribution in [0.1, 0.15) is 65.2 Å². The van der Waals surface area contributed by atoms with Gasteiger partial charge in [-0.1, -0.05) is 12.8 Å². The van der Waals surface area contributed by atoms with Crippen LogP contribution in [0.2, 0.25) is 0 Å². The minimum Gasteiger partial charge on any atom is -0.481 e.